The van der Waals surface area contributed by atoms with Gasteiger partial charge in [0.2, 0.25) is 0 Å². The quantitative estimate of drug-likeness (QED) is 0.684. The zero-order chi connectivity index (χ0) is 21.8. The number of rotatable bonds is 4. The lowest BCUT2D eigenvalue weighted by Gasteiger charge is -2.35. The van der Waals surface area contributed by atoms with Crippen LogP contribution < -0.4 is 0 Å². The molecule has 158 valence electrons. The van der Waals surface area contributed by atoms with Crippen molar-refractivity contribution in [3.63, 3.8) is 0 Å². The van der Waals surface area contributed by atoms with E-state index in [9.17, 15) is 19.8 Å². The zero-order valence-corrected chi connectivity index (χ0v) is 17.1. The molecule has 4 rings (SSSR count). The standard InChI is InChI=1S/C25H24N2O4/c28-22-9-5-4-8-20(22)24(30)26-12-14-27(15-13-26)25(31)21-17-19(10-11-23(21)29)16-18-6-2-1-3-7-18/h1-11,17,28-29H,12-16H2. The van der Waals surface area contributed by atoms with Crippen LogP contribution in [-0.2, 0) is 6.42 Å². The molecule has 0 saturated carbocycles. The van der Waals surface area contributed by atoms with E-state index in [0.717, 1.165) is 11.1 Å². The van der Waals surface area contributed by atoms with E-state index < -0.39 is 0 Å². The van der Waals surface area contributed by atoms with E-state index in [2.05, 4.69) is 0 Å². The molecule has 0 aromatic heterocycles. The van der Waals surface area contributed by atoms with Crippen LogP contribution in [0.2, 0.25) is 0 Å². The molecule has 1 heterocycles. The number of hydrogen-bond donors (Lipinski definition) is 2. The van der Waals surface area contributed by atoms with Crippen LogP contribution >= 0.6 is 0 Å². The van der Waals surface area contributed by atoms with Crippen molar-refractivity contribution in [2.75, 3.05) is 26.2 Å². The number of phenols is 2. The largest absolute Gasteiger partial charge is 0.507 e. The maximum absolute atomic E-state index is 13.0. The van der Waals surface area contributed by atoms with E-state index in [4.69, 9.17) is 0 Å². The molecule has 0 unspecified atom stereocenters. The smallest absolute Gasteiger partial charge is 0.257 e. The van der Waals surface area contributed by atoms with E-state index in [-0.39, 0.29) is 34.4 Å². The van der Waals surface area contributed by atoms with Gasteiger partial charge in [-0.25, -0.2) is 0 Å². The predicted molar refractivity (Wildman–Crippen MR) is 117 cm³/mol. The number of benzene rings is 3. The van der Waals surface area contributed by atoms with E-state index in [0.29, 0.717) is 32.6 Å². The molecule has 6 heteroatoms. The van der Waals surface area contributed by atoms with Gasteiger partial charge in [-0.05, 0) is 41.8 Å². The van der Waals surface area contributed by atoms with Gasteiger partial charge in [-0.2, -0.15) is 0 Å². The summed E-state index contributed by atoms with van der Waals surface area (Å²) >= 11 is 0. The average molecular weight is 416 g/mol. The number of carbonyl (C=O) groups excluding carboxylic acids is 2. The Kier molecular flexibility index (Phi) is 5.89. The molecule has 0 radical (unpaired) electrons. The summed E-state index contributed by atoms with van der Waals surface area (Å²) < 4.78 is 0. The highest BCUT2D eigenvalue weighted by Crippen LogP contribution is 2.24. The second-order valence-corrected chi connectivity index (χ2v) is 7.62. The number of hydrogen-bond acceptors (Lipinski definition) is 4. The highest BCUT2D eigenvalue weighted by molar-refractivity contribution is 5.98. The molecule has 1 aliphatic heterocycles. The molecule has 31 heavy (non-hydrogen) atoms. The Morgan fingerprint density at radius 1 is 0.645 bits per heavy atom. The van der Waals surface area contributed by atoms with E-state index in [1.165, 1.54) is 6.07 Å². The highest BCUT2D eigenvalue weighted by atomic mass is 16.3. The summed E-state index contributed by atoms with van der Waals surface area (Å²) in [5.41, 5.74) is 2.60. The van der Waals surface area contributed by atoms with Gasteiger partial charge in [0.25, 0.3) is 11.8 Å². The second kappa shape index (κ2) is 8.92. The predicted octanol–water partition coefficient (Wildman–Crippen LogP) is 3.29. The lowest BCUT2D eigenvalue weighted by atomic mass is 10.0. The monoisotopic (exact) mass is 416 g/mol. The Bertz CT molecular complexity index is 1090. The molecule has 0 atom stereocenters. The fourth-order valence-corrected chi connectivity index (χ4v) is 3.80. The Morgan fingerprint density at radius 2 is 1.19 bits per heavy atom. The zero-order valence-electron chi connectivity index (χ0n) is 17.1. The van der Waals surface area contributed by atoms with E-state index in [1.807, 2.05) is 36.4 Å². The van der Waals surface area contributed by atoms with Crippen molar-refractivity contribution in [3.8, 4) is 11.5 Å². The number of piperazine rings is 1. The van der Waals surface area contributed by atoms with Crippen molar-refractivity contribution in [3.05, 3.63) is 95.1 Å². The molecule has 6 nitrogen and oxygen atoms in total. The second-order valence-electron chi connectivity index (χ2n) is 7.62. The third-order valence-electron chi connectivity index (χ3n) is 5.53. The lowest BCUT2D eigenvalue weighted by Crippen LogP contribution is -2.50. The fourth-order valence-electron chi connectivity index (χ4n) is 3.80. The molecular formula is C25H24N2O4. The summed E-state index contributed by atoms with van der Waals surface area (Å²) in [5.74, 6) is -0.597. The summed E-state index contributed by atoms with van der Waals surface area (Å²) in [6, 6.07) is 21.5. The molecule has 0 aliphatic carbocycles. The van der Waals surface area contributed by atoms with Gasteiger partial charge in [-0.3, -0.25) is 9.59 Å². The first kappa shape index (κ1) is 20.5. The van der Waals surface area contributed by atoms with Crippen LogP contribution in [0, 0.1) is 0 Å². The molecule has 1 fully saturated rings. The number of amides is 2. The first-order valence-corrected chi connectivity index (χ1v) is 10.3. The van der Waals surface area contributed by atoms with Crippen LogP contribution in [0.1, 0.15) is 31.8 Å². The maximum Gasteiger partial charge on any atom is 0.257 e. The van der Waals surface area contributed by atoms with E-state index >= 15 is 0 Å². The van der Waals surface area contributed by atoms with Gasteiger partial charge in [0, 0.05) is 26.2 Å². The molecule has 2 amide bonds. The van der Waals surface area contributed by atoms with Crippen LogP contribution in [-0.4, -0.2) is 58.0 Å². The summed E-state index contributed by atoms with van der Waals surface area (Å²) in [5, 5.41) is 20.2. The normalized spacial score (nSPS) is 13.8. The summed E-state index contributed by atoms with van der Waals surface area (Å²) in [4.78, 5) is 29.0. The van der Waals surface area contributed by atoms with Crippen molar-refractivity contribution < 1.29 is 19.8 Å². The number of nitrogens with zero attached hydrogens (tertiary/aromatic N) is 2. The molecular weight excluding hydrogens is 392 g/mol. The van der Waals surface area contributed by atoms with Gasteiger partial charge in [-0.15, -0.1) is 0 Å². The summed E-state index contributed by atoms with van der Waals surface area (Å²) in [7, 11) is 0. The van der Waals surface area contributed by atoms with E-state index in [1.54, 1.807) is 40.1 Å². The maximum atomic E-state index is 13.0. The SMILES string of the molecule is O=C(c1ccccc1O)N1CCN(C(=O)c2cc(Cc3ccccc3)ccc2O)CC1. The van der Waals surface area contributed by atoms with Gasteiger partial charge >= 0.3 is 0 Å². The Morgan fingerprint density at radius 3 is 1.84 bits per heavy atom. The number of phenolic OH excluding ortho intramolecular Hbond substituents is 2. The topological polar surface area (TPSA) is 81.1 Å². The highest BCUT2D eigenvalue weighted by Gasteiger charge is 2.27. The minimum atomic E-state index is -0.252. The molecule has 1 aliphatic rings. The number of carbonyl (C=O) groups is 2. The van der Waals surface area contributed by atoms with Crippen LogP contribution in [0.15, 0.2) is 72.8 Å². The van der Waals surface area contributed by atoms with Crippen molar-refractivity contribution >= 4 is 11.8 Å². The third kappa shape index (κ3) is 4.53. The molecule has 1 saturated heterocycles. The van der Waals surface area contributed by atoms with Crippen LogP contribution in [0.25, 0.3) is 0 Å². The average Bonchev–Trinajstić information content (AvgIpc) is 2.80. The summed E-state index contributed by atoms with van der Waals surface area (Å²) in [6.45, 7) is 1.45. The Labute approximate surface area is 181 Å². The third-order valence-corrected chi connectivity index (χ3v) is 5.53. The molecule has 0 spiro atoms. The summed E-state index contributed by atoms with van der Waals surface area (Å²) in [6.07, 6.45) is 0.671. The molecule has 3 aromatic rings. The minimum absolute atomic E-state index is 0.0467. The number of aromatic hydroxyl groups is 2. The van der Waals surface area contributed by atoms with Crippen LogP contribution in [0.5, 0.6) is 11.5 Å². The van der Waals surface area contributed by atoms with Crippen molar-refractivity contribution in [2.24, 2.45) is 0 Å². The van der Waals surface area contributed by atoms with Gasteiger partial charge < -0.3 is 20.0 Å². The van der Waals surface area contributed by atoms with Crippen molar-refractivity contribution in [1.82, 2.24) is 9.80 Å². The lowest BCUT2D eigenvalue weighted by molar-refractivity contribution is 0.0532. The van der Waals surface area contributed by atoms with Crippen molar-refractivity contribution in [1.29, 1.82) is 0 Å². The number of para-hydroxylation sites is 1. The van der Waals surface area contributed by atoms with Gasteiger partial charge in [0.05, 0.1) is 11.1 Å². The Balaban J connectivity index is 1.43. The molecule has 3 aromatic carbocycles. The van der Waals surface area contributed by atoms with Gasteiger partial charge in [0.1, 0.15) is 11.5 Å². The first-order valence-electron chi connectivity index (χ1n) is 10.3. The molecule has 2 N–H and O–H groups in total. The van der Waals surface area contributed by atoms with Gasteiger partial charge in [-0.1, -0.05) is 48.5 Å². The van der Waals surface area contributed by atoms with Crippen molar-refractivity contribution in [2.45, 2.75) is 6.42 Å². The Hall–Kier alpha value is -3.80. The van der Waals surface area contributed by atoms with Crippen LogP contribution in [0.4, 0.5) is 0 Å². The fraction of sp³-hybridized carbons (Fsp3) is 0.200. The first-order chi connectivity index (χ1) is 15.0. The van der Waals surface area contributed by atoms with Gasteiger partial charge in [0.15, 0.2) is 0 Å². The van der Waals surface area contributed by atoms with Crippen LogP contribution in [0.3, 0.4) is 0 Å². The molecule has 0 bridgehead atoms. The minimum Gasteiger partial charge on any atom is -0.507 e.